The first-order chi connectivity index (χ1) is 24.8. The van der Waals surface area contributed by atoms with Crippen LogP contribution in [0.3, 0.4) is 0 Å². The Labute approximate surface area is 299 Å². The van der Waals surface area contributed by atoms with Crippen LogP contribution in [0.2, 0.25) is 0 Å². The summed E-state index contributed by atoms with van der Waals surface area (Å²) >= 11 is 0. The van der Waals surface area contributed by atoms with Gasteiger partial charge in [-0.25, -0.2) is 19.2 Å². The number of halogens is 2. The molecular formula is C37H39F2N7O6. The second kappa shape index (κ2) is 14.5. The lowest BCUT2D eigenvalue weighted by molar-refractivity contribution is -0.137. The van der Waals surface area contributed by atoms with Crippen molar-refractivity contribution in [3.8, 4) is 29.4 Å². The summed E-state index contributed by atoms with van der Waals surface area (Å²) in [5, 5.41) is 13.5. The predicted molar refractivity (Wildman–Crippen MR) is 187 cm³/mol. The first-order valence-electron chi connectivity index (χ1n) is 16.8. The van der Waals surface area contributed by atoms with E-state index in [0.717, 1.165) is 0 Å². The largest absolute Gasteiger partial charge is 0.478 e. The number of amides is 3. The van der Waals surface area contributed by atoms with E-state index in [2.05, 4.69) is 21.2 Å². The molecule has 2 N–H and O–H groups in total. The third-order valence-electron chi connectivity index (χ3n) is 8.85. The highest BCUT2D eigenvalue weighted by Crippen LogP contribution is 2.32. The van der Waals surface area contributed by atoms with E-state index in [1.54, 1.807) is 59.4 Å². The smallest absolute Gasteiger partial charge is 0.411 e. The zero-order chi connectivity index (χ0) is 37.3. The first-order valence-corrected chi connectivity index (χ1v) is 16.8. The third-order valence-corrected chi connectivity index (χ3v) is 8.85. The van der Waals surface area contributed by atoms with E-state index < -0.39 is 35.5 Å². The van der Waals surface area contributed by atoms with Gasteiger partial charge in [0.2, 0.25) is 11.7 Å². The Morgan fingerprint density at radius 3 is 2.48 bits per heavy atom. The number of anilines is 2. The van der Waals surface area contributed by atoms with Gasteiger partial charge < -0.3 is 29.7 Å². The van der Waals surface area contributed by atoms with Gasteiger partial charge in [0, 0.05) is 61.8 Å². The van der Waals surface area contributed by atoms with Crippen LogP contribution < -0.4 is 10.1 Å². The Hall–Kier alpha value is -5.75. The van der Waals surface area contributed by atoms with Gasteiger partial charge in [-0.15, -0.1) is 6.42 Å². The average molecular weight is 716 g/mol. The summed E-state index contributed by atoms with van der Waals surface area (Å²) in [6.45, 7) is 7.99. The molecule has 13 nitrogen and oxygen atoms in total. The molecule has 2 saturated heterocycles. The number of aromatic nitrogens is 3. The maximum Gasteiger partial charge on any atom is 0.411 e. The molecule has 0 saturated carbocycles. The van der Waals surface area contributed by atoms with Gasteiger partial charge in [-0.3, -0.25) is 18.9 Å². The molecule has 2 fully saturated rings. The number of aliphatic hydroxyl groups excluding tert-OH is 1. The Bertz CT molecular complexity index is 2070. The molecule has 15 heteroatoms. The van der Waals surface area contributed by atoms with Crippen LogP contribution in [-0.4, -0.2) is 109 Å². The molecule has 4 heterocycles. The number of benzene rings is 2. The van der Waals surface area contributed by atoms with Crippen molar-refractivity contribution >= 4 is 35.1 Å². The van der Waals surface area contributed by atoms with Crippen LogP contribution in [0.1, 0.15) is 43.1 Å². The summed E-state index contributed by atoms with van der Waals surface area (Å²) in [5.74, 6) is -0.463. The van der Waals surface area contributed by atoms with Crippen molar-refractivity contribution in [1.29, 1.82) is 0 Å². The Morgan fingerprint density at radius 1 is 1.06 bits per heavy atom. The van der Waals surface area contributed by atoms with E-state index in [-0.39, 0.29) is 55.8 Å². The van der Waals surface area contributed by atoms with Gasteiger partial charge in [-0.1, -0.05) is 5.92 Å². The third kappa shape index (κ3) is 7.33. The predicted octanol–water partition coefficient (Wildman–Crippen LogP) is 4.39. The van der Waals surface area contributed by atoms with Gasteiger partial charge in [0.1, 0.15) is 18.2 Å². The van der Waals surface area contributed by atoms with Crippen molar-refractivity contribution < 1.29 is 37.7 Å². The number of fused-ring (bicyclic) bond motifs is 1. The molecule has 0 radical (unpaired) electrons. The van der Waals surface area contributed by atoms with Gasteiger partial charge in [0.25, 0.3) is 5.91 Å². The van der Waals surface area contributed by atoms with E-state index in [9.17, 15) is 23.9 Å². The summed E-state index contributed by atoms with van der Waals surface area (Å²) in [6.07, 6.45) is 8.30. The number of ether oxygens (including phenoxy) is 2. The van der Waals surface area contributed by atoms with E-state index in [4.69, 9.17) is 15.9 Å². The lowest BCUT2D eigenvalue weighted by atomic mass is 10.1. The monoisotopic (exact) mass is 715 g/mol. The molecule has 2 aliphatic rings. The van der Waals surface area contributed by atoms with E-state index in [0.29, 0.717) is 47.1 Å². The minimum atomic E-state index is -1.16. The van der Waals surface area contributed by atoms with Gasteiger partial charge in [0.05, 0.1) is 24.5 Å². The number of nitrogens with one attached hydrogen (secondary N) is 1. The molecule has 2 aliphatic heterocycles. The quantitative estimate of drug-likeness (QED) is 0.267. The number of likely N-dealkylation sites (tertiary alicyclic amines) is 1. The van der Waals surface area contributed by atoms with Gasteiger partial charge in [-0.2, -0.15) is 4.39 Å². The number of imidazole rings is 1. The maximum atomic E-state index is 15.1. The topological polar surface area (TPSA) is 142 Å². The molecule has 0 spiro atoms. The van der Waals surface area contributed by atoms with E-state index >= 15 is 4.39 Å². The summed E-state index contributed by atoms with van der Waals surface area (Å²) in [6, 6.07) is 7.09. The Balaban J connectivity index is 1.11. The molecule has 4 aromatic rings. The number of piperazine rings is 1. The molecule has 6 rings (SSSR count). The second-order valence-corrected chi connectivity index (χ2v) is 13.7. The van der Waals surface area contributed by atoms with Crippen LogP contribution in [0.4, 0.5) is 25.1 Å². The standard InChI is InChI=1S/C37H39F2N7O6/c1-6-17-51-29-10-9-26(30(38)31(29)39)28-20-41-33-32(40-11-12-45(28)33)42-23-7-8-25(22(2)18-23)34(48)43-13-15-44(16-14-43)35(49)27-19-24(47)21-46(27)36(50)52-37(3,4)5/h1,7-12,18,20,24,27,47H,13-17,19,21H2,2-5H3,(H,40,42)/t24-,27+/m1/s1. The Kier molecular flexibility index (Phi) is 10.0. The molecule has 0 bridgehead atoms. The maximum absolute atomic E-state index is 15.1. The van der Waals surface area contributed by atoms with Crippen molar-refractivity contribution in [2.24, 2.45) is 0 Å². The molecule has 0 aliphatic carbocycles. The van der Waals surface area contributed by atoms with Crippen molar-refractivity contribution in [3.05, 3.63) is 71.7 Å². The Morgan fingerprint density at radius 2 is 1.79 bits per heavy atom. The number of aryl methyl sites for hydroxylation is 1. The molecule has 2 atom stereocenters. The number of β-amino-alcohol motifs (C(OH)–C–C–N with tert-alkyl or cyclic N) is 1. The normalized spacial score (nSPS) is 17.6. The highest BCUT2D eigenvalue weighted by Gasteiger charge is 2.43. The van der Waals surface area contributed by atoms with Crippen LogP contribution in [0.15, 0.2) is 48.9 Å². The van der Waals surface area contributed by atoms with Crippen LogP contribution in [-0.2, 0) is 9.53 Å². The lowest BCUT2D eigenvalue weighted by Crippen LogP contribution is -2.55. The highest BCUT2D eigenvalue weighted by atomic mass is 19.2. The number of aliphatic hydroxyl groups is 1. The number of carbonyl (C=O) groups is 3. The molecule has 2 aromatic heterocycles. The number of rotatable bonds is 7. The average Bonchev–Trinajstić information content (AvgIpc) is 3.72. The molecule has 0 unspecified atom stereocenters. The molecule has 272 valence electrons. The van der Waals surface area contributed by atoms with Gasteiger partial charge >= 0.3 is 6.09 Å². The fourth-order valence-electron chi connectivity index (χ4n) is 6.37. The number of terminal acetylenes is 1. The van der Waals surface area contributed by atoms with Crippen molar-refractivity contribution in [2.75, 3.05) is 44.6 Å². The zero-order valence-electron chi connectivity index (χ0n) is 29.2. The van der Waals surface area contributed by atoms with Crippen LogP contribution >= 0.6 is 0 Å². The number of hydrogen-bond donors (Lipinski definition) is 2. The summed E-state index contributed by atoms with van der Waals surface area (Å²) in [4.78, 5) is 53.2. The van der Waals surface area contributed by atoms with Gasteiger partial charge in [0.15, 0.2) is 23.0 Å². The van der Waals surface area contributed by atoms with Crippen molar-refractivity contribution in [1.82, 2.24) is 29.1 Å². The molecule has 52 heavy (non-hydrogen) atoms. The lowest BCUT2D eigenvalue weighted by Gasteiger charge is -2.37. The van der Waals surface area contributed by atoms with Gasteiger partial charge in [-0.05, 0) is 63.6 Å². The summed E-state index contributed by atoms with van der Waals surface area (Å²) in [5.41, 5.74) is 1.68. The number of carbonyl (C=O) groups excluding carboxylic acids is 3. The molecule has 2 aromatic carbocycles. The van der Waals surface area contributed by atoms with E-state index in [1.165, 1.54) is 29.4 Å². The highest BCUT2D eigenvalue weighted by molar-refractivity contribution is 5.96. The van der Waals surface area contributed by atoms with Crippen LogP contribution in [0.25, 0.3) is 16.9 Å². The molecular weight excluding hydrogens is 676 g/mol. The number of nitrogens with zero attached hydrogens (tertiary/aromatic N) is 6. The van der Waals surface area contributed by atoms with E-state index in [1.807, 2.05) is 6.92 Å². The fraction of sp³-hybridized carbons (Fsp3) is 0.378. The second-order valence-electron chi connectivity index (χ2n) is 13.7. The summed E-state index contributed by atoms with van der Waals surface area (Å²) in [7, 11) is 0. The zero-order valence-corrected chi connectivity index (χ0v) is 29.2. The SMILES string of the molecule is C#CCOc1ccc(-c2cnc3c(Nc4ccc(C(=O)N5CCN(C(=O)[C@@H]6C[C@@H](O)CN6C(=O)OC(C)(C)C)CC5)c(C)c4)nccn23)c(F)c1F. The minimum absolute atomic E-state index is 0.0165. The fourth-order valence-corrected chi connectivity index (χ4v) is 6.37. The first kappa shape index (κ1) is 36.1. The van der Waals surface area contributed by atoms with Crippen molar-refractivity contribution in [3.63, 3.8) is 0 Å². The van der Waals surface area contributed by atoms with Crippen LogP contribution in [0, 0.1) is 30.9 Å². The molecule has 3 amide bonds. The number of hydrogen-bond acceptors (Lipinski definition) is 9. The van der Waals surface area contributed by atoms with Crippen molar-refractivity contribution in [2.45, 2.75) is 51.9 Å². The minimum Gasteiger partial charge on any atom is -0.478 e. The summed E-state index contributed by atoms with van der Waals surface area (Å²) < 4.78 is 41.9. The van der Waals surface area contributed by atoms with Crippen LogP contribution in [0.5, 0.6) is 5.75 Å².